The number of hydrogen-bond acceptors (Lipinski definition) is 5. The van der Waals surface area contributed by atoms with Gasteiger partial charge < -0.3 is 14.6 Å². The lowest BCUT2D eigenvalue weighted by molar-refractivity contribution is -0.0500. The summed E-state index contributed by atoms with van der Waals surface area (Å²) in [4.78, 5) is 4.02. The Hall–Kier alpha value is -2.18. The zero-order valence-electron chi connectivity index (χ0n) is 11.4. The highest BCUT2D eigenvalue weighted by atomic mass is 19.3. The number of pyridine rings is 1. The summed E-state index contributed by atoms with van der Waals surface area (Å²) >= 11 is 0. The lowest BCUT2D eigenvalue weighted by atomic mass is 10.1. The molecule has 7 heteroatoms. The molecule has 108 valence electrons. The van der Waals surface area contributed by atoms with E-state index in [4.69, 9.17) is 4.52 Å². The SMILES string of the molecule is Cc1noc(C)c1C(C)Nc1ccc(OC(F)F)cn1. The van der Waals surface area contributed by atoms with Gasteiger partial charge in [-0.25, -0.2) is 4.98 Å². The highest BCUT2D eigenvalue weighted by molar-refractivity contribution is 5.41. The fourth-order valence-corrected chi connectivity index (χ4v) is 2.04. The molecule has 0 amide bonds. The summed E-state index contributed by atoms with van der Waals surface area (Å²) in [6.07, 6.45) is 1.24. The third kappa shape index (κ3) is 3.23. The van der Waals surface area contributed by atoms with E-state index >= 15 is 0 Å². The van der Waals surface area contributed by atoms with Gasteiger partial charge in [-0.1, -0.05) is 5.16 Å². The molecule has 5 nitrogen and oxygen atoms in total. The molecule has 0 bridgehead atoms. The van der Waals surface area contributed by atoms with Gasteiger partial charge in [-0.15, -0.1) is 0 Å². The summed E-state index contributed by atoms with van der Waals surface area (Å²) in [5, 5.41) is 7.04. The Bertz CT molecular complexity index is 550. The van der Waals surface area contributed by atoms with Crippen LogP contribution in [0.2, 0.25) is 0 Å². The third-order valence-electron chi connectivity index (χ3n) is 2.85. The summed E-state index contributed by atoms with van der Waals surface area (Å²) in [5.41, 5.74) is 1.76. The van der Waals surface area contributed by atoms with Crippen molar-refractivity contribution in [2.45, 2.75) is 33.4 Å². The smallest absolute Gasteiger partial charge is 0.387 e. The number of nitrogens with zero attached hydrogens (tertiary/aromatic N) is 2. The van der Waals surface area contributed by atoms with Crippen molar-refractivity contribution in [1.82, 2.24) is 10.1 Å². The van der Waals surface area contributed by atoms with Crippen LogP contribution in [0.1, 0.15) is 30.0 Å². The Morgan fingerprint density at radius 2 is 2.05 bits per heavy atom. The van der Waals surface area contributed by atoms with E-state index in [0.29, 0.717) is 5.82 Å². The van der Waals surface area contributed by atoms with Gasteiger partial charge in [0.15, 0.2) is 0 Å². The van der Waals surface area contributed by atoms with Crippen LogP contribution in [0.3, 0.4) is 0 Å². The van der Waals surface area contributed by atoms with Gasteiger partial charge in [0.2, 0.25) is 0 Å². The number of rotatable bonds is 5. The van der Waals surface area contributed by atoms with Crippen molar-refractivity contribution in [3.8, 4) is 5.75 Å². The minimum absolute atomic E-state index is 0.0236. The number of aromatic nitrogens is 2. The molecule has 0 saturated heterocycles. The normalized spacial score (nSPS) is 12.5. The van der Waals surface area contributed by atoms with Crippen molar-refractivity contribution < 1.29 is 18.0 Å². The molecule has 2 aromatic rings. The maximum Gasteiger partial charge on any atom is 0.387 e. The van der Waals surface area contributed by atoms with E-state index in [9.17, 15) is 8.78 Å². The summed E-state index contributed by atoms with van der Waals surface area (Å²) < 4.78 is 33.4. The molecule has 1 atom stereocenters. The number of aryl methyl sites for hydroxylation is 2. The molecular formula is C13H15F2N3O2. The number of nitrogens with one attached hydrogen (secondary N) is 1. The lowest BCUT2D eigenvalue weighted by Crippen LogP contribution is -2.09. The summed E-state index contributed by atoms with van der Waals surface area (Å²) in [7, 11) is 0. The molecule has 20 heavy (non-hydrogen) atoms. The zero-order chi connectivity index (χ0) is 14.7. The van der Waals surface area contributed by atoms with Crippen molar-refractivity contribution in [2.24, 2.45) is 0 Å². The summed E-state index contributed by atoms with van der Waals surface area (Å²) in [6, 6.07) is 2.95. The van der Waals surface area contributed by atoms with E-state index < -0.39 is 6.61 Å². The van der Waals surface area contributed by atoms with Crippen LogP contribution in [0.5, 0.6) is 5.75 Å². The van der Waals surface area contributed by atoms with Gasteiger partial charge in [0.25, 0.3) is 0 Å². The van der Waals surface area contributed by atoms with Crippen LogP contribution >= 0.6 is 0 Å². The molecule has 1 unspecified atom stereocenters. The largest absolute Gasteiger partial charge is 0.433 e. The van der Waals surface area contributed by atoms with Gasteiger partial charge in [0.1, 0.15) is 17.3 Å². The highest BCUT2D eigenvalue weighted by Gasteiger charge is 2.16. The Balaban J connectivity index is 2.06. The molecule has 0 saturated carbocycles. The van der Waals surface area contributed by atoms with Crippen molar-refractivity contribution in [3.63, 3.8) is 0 Å². The maximum absolute atomic E-state index is 12.0. The predicted molar refractivity (Wildman–Crippen MR) is 68.9 cm³/mol. The van der Waals surface area contributed by atoms with E-state index in [1.54, 1.807) is 6.07 Å². The monoisotopic (exact) mass is 283 g/mol. The Morgan fingerprint density at radius 1 is 1.30 bits per heavy atom. The quantitative estimate of drug-likeness (QED) is 0.910. The summed E-state index contributed by atoms with van der Waals surface area (Å²) in [6.45, 7) is 2.78. The number of halogens is 2. The van der Waals surface area contributed by atoms with Crippen LogP contribution in [0.4, 0.5) is 14.6 Å². The van der Waals surface area contributed by atoms with Crippen LogP contribution in [0, 0.1) is 13.8 Å². The Morgan fingerprint density at radius 3 is 2.55 bits per heavy atom. The van der Waals surface area contributed by atoms with Gasteiger partial charge in [0, 0.05) is 5.56 Å². The lowest BCUT2D eigenvalue weighted by Gasteiger charge is -2.14. The first-order chi connectivity index (χ1) is 9.47. The third-order valence-corrected chi connectivity index (χ3v) is 2.85. The number of alkyl halides is 2. The van der Waals surface area contributed by atoms with E-state index in [1.807, 2.05) is 20.8 Å². The zero-order valence-corrected chi connectivity index (χ0v) is 11.4. The Kier molecular flexibility index (Phi) is 4.16. The minimum Gasteiger partial charge on any atom is -0.433 e. The van der Waals surface area contributed by atoms with Gasteiger partial charge in [-0.05, 0) is 32.9 Å². The molecule has 0 radical (unpaired) electrons. The van der Waals surface area contributed by atoms with Gasteiger partial charge in [0.05, 0.1) is 17.9 Å². The van der Waals surface area contributed by atoms with Crippen LogP contribution in [-0.2, 0) is 0 Å². The van der Waals surface area contributed by atoms with E-state index in [0.717, 1.165) is 17.0 Å². The summed E-state index contributed by atoms with van der Waals surface area (Å²) in [5.74, 6) is 1.31. The standard InChI is InChI=1S/C13H15F2N3O2/c1-7(12-8(2)18-20-9(12)3)17-11-5-4-10(6-16-11)19-13(14)15/h4-7,13H,1-3H3,(H,16,17). The number of hydrogen-bond donors (Lipinski definition) is 1. The molecule has 2 heterocycles. The number of ether oxygens (including phenoxy) is 1. The van der Waals surface area contributed by atoms with E-state index in [2.05, 4.69) is 20.2 Å². The molecule has 0 fully saturated rings. The van der Waals surface area contributed by atoms with Gasteiger partial charge >= 0.3 is 6.61 Å². The van der Waals surface area contributed by atoms with Crippen LogP contribution in [0.25, 0.3) is 0 Å². The minimum atomic E-state index is -2.85. The average molecular weight is 283 g/mol. The van der Waals surface area contributed by atoms with Crippen molar-refractivity contribution in [1.29, 1.82) is 0 Å². The van der Waals surface area contributed by atoms with Crippen LogP contribution in [0.15, 0.2) is 22.9 Å². The first-order valence-electron chi connectivity index (χ1n) is 6.07. The second kappa shape index (κ2) is 5.85. The Labute approximate surface area is 114 Å². The topological polar surface area (TPSA) is 60.2 Å². The highest BCUT2D eigenvalue weighted by Crippen LogP contribution is 2.24. The molecule has 0 aliphatic carbocycles. The molecule has 1 N–H and O–H groups in total. The molecule has 2 aromatic heterocycles. The fraction of sp³-hybridized carbons (Fsp3) is 0.385. The molecule has 0 aliphatic heterocycles. The molecule has 2 rings (SSSR count). The second-order valence-electron chi connectivity index (χ2n) is 4.36. The van der Waals surface area contributed by atoms with Crippen molar-refractivity contribution >= 4 is 5.82 Å². The van der Waals surface area contributed by atoms with E-state index in [-0.39, 0.29) is 11.8 Å². The second-order valence-corrected chi connectivity index (χ2v) is 4.36. The average Bonchev–Trinajstić information content (AvgIpc) is 2.71. The van der Waals surface area contributed by atoms with Crippen LogP contribution < -0.4 is 10.1 Å². The van der Waals surface area contributed by atoms with Gasteiger partial charge in [-0.2, -0.15) is 8.78 Å². The fourth-order valence-electron chi connectivity index (χ4n) is 2.04. The number of anilines is 1. The van der Waals surface area contributed by atoms with Gasteiger partial charge in [-0.3, -0.25) is 0 Å². The molecule has 0 aromatic carbocycles. The molecular weight excluding hydrogens is 268 g/mol. The first-order valence-corrected chi connectivity index (χ1v) is 6.07. The predicted octanol–water partition coefficient (Wildman–Crippen LogP) is 3.46. The van der Waals surface area contributed by atoms with E-state index in [1.165, 1.54) is 12.3 Å². The molecule has 0 spiro atoms. The van der Waals surface area contributed by atoms with Crippen molar-refractivity contribution in [3.05, 3.63) is 35.3 Å². The molecule has 0 aliphatic rings. The van der Waals surface area contributed by atoms with Crippen molar-refractivity contribution in [2.75, 3.05) is 5.32 Å². The maximum atomic E-state index is 12.0. The first kappa shape index (κ1) is 14.2. The van der Waals surface area contributed by atoms with Crippen LogP contribution in [-0.4, -0.2) is 16.8 Å².